The van der Waals surface area contributed by atoms with E-state index >= 15 is 0 Å². The number of aliphatic carboxylic acids is 7. The molecule has 486 valence electrons. The van der Waals surface area contributed by atoms with Crippen LogP contribution in [-0.2, 0) is 33.6 Å². The van der Waals surface area contributed by atoms with Crippen LogP contribution in [0.15, 0.2) is 0 Å². The molecule has 81 heavy (non-hydrogen) atoms. The van der Waals surface area contributed by atoms with Gasteiger partial charge in [-0.3, -0.25) is 33.6 Å². The molecule has 0 aliphatic carbocycles. The van der Waals surface area contributed by atoms with Crippen LogP contribution in [0.3, 0.4) is 0 Å². The summed E-state index contributed by atoms with van der Waals surface area (Å²) in [5.74, 6) is -4.82. The van der Waals surface area contributed by atoms with Gasteiger partial charge in [0.2, 0.25) is 0 Å². The molecule has 0 radical (unpaired) electrons. The highest BCUT2D eigenvalue weighted by Gasteiger charge is 2.17. The van der Waals surface area contributed by atoms with Crippen LogP contribution in [0, 0.1) is 5.92 Å². The van der Waals surface area contributed by atoms with Crippen LogP contribution in [0.25, 0.3) is 0 Å². The largest absolute Gasteiger partial charge is 0.481 e. The van der Waals surface area contributed by atoms with E-state index < -0.39 is 47.8 Å². The second-order valence-corrected chi connectivity index (χ2v) is 21.8. The van der Waals surface area contributed by atoms with Crippen LogP contribution in [0.4, 0.5) is 0 Å². The van der Waals surface area contributed by atoms with Crippen LogP contribution in [0.1, 0.15) is 370 Å². The lowest BCUT2D eigenvalue weighted by molar-refractivity contribution is -0.140. The summed E-state index contributed by atoms with van der Waals surface area (Å²) in [4.78, 5) is 71.0. The predicted octanol–water partition coefficient (Wildman–Crippen LogP) is 19.7. The molecule has 0 rings (SSSR count). The number of hydrogen-bond acceptors (Lipinski definition) is 8. The van der Waals surface area contributed by atoms with Crippen molar-refractivity contribution < 1.29 is 69.3 Å². The average Bonchev–Trinajstić information content (AvgIpc) is 3.41. The molecular formula is C66H133NO14. The molecule has 0 saturated heterocycles. The van der Waals surface area contributed by atoms with Crippen molar-refractivity contribution in [3.05, 3.63) is 0 Å². The molecule has 2 unspecified atom stereocenters. The third-order valence-corrected chi connectivity index (χ3v) is 13.5. The topological polar surface area (TPSA) is 287 Å². The minimum absolute atomic E-state index is 0.0718. The van der Waals surface area contributed by atoms with Gasteiger partial charge in [-0.25, -0.2) is 0 Å². The SMILES string of the molecule is CCC(C)C(N)C(=O)O.CCCCCCCCCC(=O)O.CCCCCCCCCC(=O)O.CCCCCCCCCC(=O)O.CCCCCCCCCC(=O)O.CCCCCCCCCC(=O)O.CCCCCCCCCC(=O)O. The summed E-state index contributed by atoms with van der Waals surface area (Å²) >= 11 is 0. The van der Waals surface area contributed by atoms with Crippen LogP contribution < -0.4 is 5.73 Å². The van der Waals surface area contributed by atoms with Crippen molar-refractivity contribution in [2.45, 2.75) is 376 Å². The predicted molar refractivity (Wildman–Crippen MR) is 337 cm³/mol. The second-order valence-electron chi connectivity index (χ2n) is 21.8. The highest BCUT2D eigenvalue weighted by Crippen LogP contribution is 2.13. The van der Waals surface area contributed by atoms with Crippen LogP contribution >= 0.6 is 0 Å². The first-order valence-electron chi connectivity index (χ1n) is 33.0. The number of unbranched alkanes of at least 4 members (excludes halogenated alkanes) is 36. The Balaban J connectivity index is -0.000000158. The van der Waals surface area contributed by atoms with Gasteiger partial charge < -0.3 is 41.5 Å². The number of rotatable bonds is 51. The molecule has 0 fully saturated rings. The molecule has 0 amide bonds. The molecular weight excluding hydrogens is 1030 g/mol. The molecule has 15 nitrogen and oxygen atoms in total. The first-order valence-corrected chi connectivity index (χ1v) is 33.0. The molecule has 0 aromatic heterocycles. The van der Waals surface area contributed by atoms with Crippen molar-refractivity contribution in [2.24, 2.45) is 11.7 Å². The first-order chi connectivity index (χ1) is 38.7. The van der Waals surface area contributed by atoms with Crippen molar-refractivity contribution in [1.82, 2.24) is 0 Å². The van der Waals surface area contributed by atoms with Gasteiger partial charge >= 0.3 is 41.8 Å². The van der Waals surface area contributed by atoms with Crippen molar-refractivity contribution in [2.75, 3.05) is 0 Å². The Kier molecular flexibility index (Phi) is 92.9. The molecule has 15 heteroatoms. The molecule has 0 aliphatic heterocycles. The molecule has 0 saturated carbocycles. The minimum Gasteiger partial charge on any atom is -0.481 e. The van der Waals surface area contributed by atoms with Gasteiger partial charge in [0.15, 0.2) is 0 Å². The number of hydrogen-bond donors (Lipinski definition) is 8. The van der Waals surface area contributed by atoms with Crippen molar-refractivity contribution in [3.63, 3.8) is 0 Å². The van der Waals surface area contributed by atoms with Crippen LogP contribution in [0.2, 0.25) is 0 Å². The van der Waals surface area contributed by atoms with Gasteiger partial charge in [0.05, 0.1) is 0 Å². The van der Waals surface area contributed by atoms with Gasteiger partial charge in [0.25, 0.3) is 0 Å². The summed E-state index contributed by atoms with van der Waals surface area (Å²) < 4.78 is 0. The summed E-state index contributed by atoms with van der Waals surface area (Å²) in [5, 5.41) is 58.5. The van der Waals surface area contributed by atoms with Crippen molar-refractivity contribution >= 4 is 41.8 Å². The van der Waals surface area contributed by atoms with E-state index in [1.54, 1.807) is 0 Å². The van der Waals surface area contributed by atoms with E-state index in [4.69, 9.17) is 41.5 Å². The van der Waals surface area contributed by atoms with Gasteiger partial charge in [0, 0.05) is 38.5 Å². The van der Waals surface area contributed by atoms with E-state index in [2.05, 4.69) is 41.5 Å². The lowest BCUT2D eigenvalue weighted by atomic mass is 10.0. The quantitative estimate of drug-likeness (QED) is 0.0263. The van der Waals surface area contributed by atoms with Crippen LogP contribution in [0.5, 0.6) is 0 Å². The summed E-state index contributed by atoms with van der Waals surface area (Å²) in [6.45, 7) is 16.9. The Morgan fingerprint density at radius 3 is 0.457 bits per heavy atom. The Morgan fingerprint density at radius 1 is 0.247 bits per heavy atom. The van der Waals surface area contributed by atoms with Crippen LogP contribution in [-0.4, -0.2) is 83.6 Å². The molecule has 0 bridgehead atoms. The van der Waals surface area contributed by atoms with Gasteiger partial charge in [-0.05, 0) is 44.4 Å². The fourth-order valence-electron chi connectivity index (χ4n) is 7.90. The highest BCUT2D eigenvalue weighted by molar-refractivity contribution is 5.73. The smallest absolute Gasteiger partial charge is 0.320 e. The van der Waals surface area contributed by atoms with Crippen molar-refractivity contribution in [3.8, 4) is 0 Å². The lowest BCUT2D eigenvalue weighted by Gasteiger charge is -2.11. The molecule has 0 heterocycles. The second kappa shape index (κ2) is 82.7. The maximum atomic E-state index is 10.2. The number of carboxylic acid groups (broad SMARTS) is 7. The monoisotopic (exact) mass is 1160 g/mol. The molecule has 0 aromatic carbocycles. The molecule has 2 atom stereocenters. The van der Waals surface area contributed by atoms with Gasteiger partial charge in [-0.15, -0.1) is 0 Å². The number of nitrogens with two attached hydrogens (primary N) is 1. The summed E-state index contributed by atoms with van der Waals surface area (Å²) in [7, 11) is 0. The minimum atomic E-state index is -0.913. The Bertz CT molecular complexity index is 1100. The van der Waals surface area contributed by atoms with E-state index in [-0.39, 0.29) is 5.92 Å². The molecule has 0 aromatic rings. The van der Waals surface area contributed by atoms with Crippen molar-refractivity contribution in [1.29, 1.82) is 0 Å². The maximum absolute atomic E-state index is 10.2. The summed E-state index contributed by atoms with van der Waals surface area (Å²) in [6.07, 6.45) is 52.7. The fraction of sp³-hybridized carbons (Fsp3) is 0.894. The Hall–Kier alpha value is -3.75. The van der Waals surface area contributed by atoms with E-state index in [0.29, 0.717) is 38.5 Å². The Labute approximate surface area is 497 Å². The zero-order valence-electron chi connectivity index (χ0n) is 53.9. The Morgan fingerprint density at radius 2 is 0.370 bits per heavy atom. The van der Waals surface area contributed by atoms with E-state index in [1.165, 1.54) is 193 Å². The number of carbonyl (C=O) groups is 7. The van der Waals surface area contributed by atoms with E-state index in [1.807, 2.05) is 13.8 Å². The average molecular weight is 1160 g/mol. The molecule has 9 N–H and O–H groups in total. The third-order valence-electron chi connectivity index (χ3n) is 13.5. The fourth-order valence-corrected chi connectivity index (χ4v) is 7.90. The van der Waals surface area contributed by atoms with Gasteiger partial charge in [-0.1, -0.05) is 293 Å². The zero-order valence-corrected chi connectivity index (χ0v) is 53.9. The van der Waals surface area contributed by atoms with Gasteiger partial charge in [-0.2, -0.15) is 0 Å². The molecule has 0 spiro atoms. The maximum Gasteiger partial charge on any atom is 0.320 e. The van der Waals surface area contributed by atoms with E-state index in [0.717, 1.165) is 83.5 Å². The summed E-state index contributed by atoms with van der Waals surface area (Å²) in [6, 6.07) is -0.699. The third kappa shape index (κ3) is 116. The standard InChI is InChI=1S/6C10H20O2.C6H13NO2/c6*1-2-3-4-5-6-7-8-9-10(11)12;1-3-4(2)5(7)6(8)9/h6*2-9H2,1H3,(H,11,12);4-5H,3,7H2,1-2H3,(H,8,9). The lowest BCUT2D eigenvalue weighted by Crippen LogP contribution is -2.36. The number of carboxylic acids is 7. The first kappa shape index (κ1) is 91.0. The molecule has 0 aliphatic rings. The highest BCUT2D eigenvalue weighted by atomic mass is 16.4. The van der Waals surface area contributed by atoms with Gasteiger partial charge in [0.1, 0.15) is 6.04 Å². The normalized spacial score (nSPS) is 10.8. The zero-order chi connectivity index (χ0) is 62.8. The summed E-state index contributed by atoms with van der Waals surface area (Å²) in [5.41, 5.74) is 5.27. The van der Waals surface area contributed by atoms with E-state index in [9.17, 15) is 33.6 Å².